The maximum atomic E-state index is 12.1. The van der Waals surface area contributed by atoms with Crippen molar-refractivity contribution in [3.63, 3.8) is 0 Å². The number of aryl methyl sites for hydroxylation is 1. The van der Waals surface area contributed by atoms with Crippen molar-refractivity contribution in [2.45, 2.75) is 12.8 Å². The van der Waals surface area contributed by atoms with E-state index in [2.05, 4.69) is 10.3 Å². The van der Waals surface area contributed by atoms with Crippen molar-refractivity contribution in [1.29, 1.82) is 0 Å². The Morgan fingerprint density at radius 2 is 2.05 bits per heavy atom. The first-order valence-corrected chi connectivity index (χ1v) is 7.32. The lowest BCUT2D eigenvalue weighted by atomic mass is 10.0. The monoisotopic (exact) mass is 295 g/mol. The number of hydrogen-bond acceptors (Lipinski definition) is 3. The first-order valence-electron chi connectivity index (χ1n) is 7.32. The maximum absolute atomic E-state index is 12.1. The van der Waals surface area contributed by atoms with Crippen molar-refractivity contribution in [2.24, 2.45) is 0 Å². The number of para-hydroxylation sites is 1. The Morgan fingerprint density at radius 3 is 2.86 bits per heavy atom. The van der Waals surface area contributed by atoms with Crippen LogP contribution in [0.5, 0.6) is 0 Å². The molecule has 0 saturated heterocycles. The first kappa shape index (κ1) is 14.3. The molecule has 112 valence electrons. The van der Waals surface area contributed by atoms with E-state index >= 15 is 0 Å². The number of hydrogen-bond donors (Lipinski definition) is 1. The third-order valence-corrected chi connectivity index (χ3v) is 3.74. The third kappa shape index (κ3) is 2.98. The number of pyridine rings is 1. The van der Waals surface area contributed by atoms with Crippen molar-refractivity contribution in [3.8, 4) is 0 Å². The van der Waals surface area contributed by atoms with Gasteiger partial charge in [0.25, 0.3) is 5.91 Å². The molecule has 1 N–H and O–H groups in total. The quantitative estimate of drug-likeness (QED) is 0.935. The molecule has 5 heteroatoms. The highest BCUT2D eigenvalue weighted by Crippen LogP contribution is 2.26. The predicted octanol–water partition coefficient (Wildman–Crippen LogP) is 1.79. The number of fused-ring (bicyclic) bond motifs is 1. The molecule has 0 unspecified atom stereocenters. The number of benzene rings is 1. The van der Waals surface area contributed by atoms with E-state index in [0.29, 0.717) is 25.1 Å². The number of nitrogens with one attached hydrogen (secondary N) is 1. The standard InChI is InChI=1S/C17H17N3O2/c21-16-8-7-13-4-1-2-6-15(13)20(16)11-10-19-17(22)14-5-3-9-18-12-14/h1-6,9,12H,7-8,10-11H2,(H,19,22). The smallest absolute Gasteiger partial charge is 0.252 e. The molecule has 1 aromatic heterocycles. The molecule has 3 rings (SSSR count). The average molecular weight is 295 g/mol. The van der Waals surface area contributed by atoms with Crippen LogP contribution in [-0.2, 0) is 11.2 Å². The van der Waals surface area contributed by atoms with E-state index in [-0.39, 0.29) is 11.8 Å². The molecule has 2 amide bonds. The largest absolute Gasteiger partial charge is 0.350 e. The second kappa shape index (κ2) is 6.39. The summed E-state index contributed by atoms with van der Waals surface area (Å²) in [6, 6.07) is 11.3. The molecular weight excluding hydrogens is 278 g/mol. The van der Waals surface area contributed by atoms with E-state index in [1.165, 1.54) is 11.8 Å². The van der Waals surface area contributed by atoms with Gasteiger partial charge in [0.15, 0.2) is 0 Å². The van der Waals surface area contributed by atoms with Gasteiger partial charge in [-0.1, -0.05) is 18.2 Å². The summed E-state index contributed by atoms with van der Waals surface area (Å²) >= 11 is 0. The SMILES string of the molecule is O=C(NCCN1C(=O)CCc2ccccc21)c1cccnc1. The van der Waals surface area contributed by atoms with E-state index in [1.54, 1.807) is 23.2 Å². The number of aromatic nitrogens is 1. The lowest BCUT2D eigenvalue weighted by Crippen LogP contribution is -2.41. The van der Waals surface area contributed by atoms with Crippen LogP contribution in [0, 0.1) is 0 Å². The van der Waals surface area contributed by atoms with Crippen LogP contribution in [-0.4, -0.2) is 29.9 Å². The van der Waals surface area contributed by atoms with Gasteiger partial charge in [0.1, 0.15) is 0 Å². The summed E-state index contributed by atoms with van der Waals surface area (Å²) in [5, 5.41) is 2.82. The van der Waals surface area contributed by atoms with E-state index in [1.807, 2.05) is 24.3 Å². The van der Waals surface area contributed by atoms with Crippen LogP contribution in [0.2, 0.25) is 0 Å². The first-order chi connectivity index (χ1) is 10.8. The van der Waals surface area contributed by atoms with Crippen LogP contribution in [0.3, 0.4) is 0 Å². The predicted molar refractivity (Wildman–Crippen MR) is 83.7 cm³/mol. The fourth-order valence-corrected chi connectivity index (χ4v) is 2.62. The summed E-state index contributed by atoms with van der Waals surface area (Å²) in [7, 11) is 0. The van der Waals surface area contributed by atoms with Crippen molar-refractivity contribution >= 4 is 17.5 Å². The summed E-state index contributed by atoms with van der Waals surface area (Å²) in [4.78, 5) is 29.7. The molecule has 22 heavy (non-hydrogen) atoms. The number of rotatable bonds is 4. The minimum atomic E-state index is -0.175. The maximum Gasteiger partial charge on any atom is 0.252 e. The summed E-state index contributed by atoms with van der Waals surface area (Å²) in [5.41, 5.74) is 2.66. The van der Waals surface area contributed by atoms with Gasteiger partial charge in [0.2, 0.25) is 5.91 Å². The second-order valence-corrected chi connectivity index (χ2v) is 5.17. The fourth-order valence-electron chi connectivity index (χ4n) is 2.62. The van der Waals surface area contributed by atoms with Crippen LogP contribution >= 0.6 is 0 Å². The number of carbonyl (C=O) groups is 2. The molecule has 0 aliphatic carbocycles. The highest BCUT2D eigenvalue weighted by Gasteiger charge is 2.23. The fraction of sp³-hybridized carbons (Fsp3) is 0.235. The lowest BCUT2D eigenvalue weighted by Gasteiger charge is -2.29. The number of carbonyl (C=O) groups excluding carboxylic acids is 2. The van der Waals surface area contributed by atoms with Crippen molar-refractivity contribution in [1.82, 2.24) is 10.3 Å². The second-order valence-electron chi connectivity index (χ2n) is 5.17. The van der Waals surface area contributed by atoms with Crippen LogP contribution in [0.15, 0.2) is 48.8 Å². The normalized spacial score (nSPS) is 13.6. The van der Waals surface area contributed by atoms with E-state index in [4.69, 9.17) is 0 Å². The summed E-state index contributed by atoms with van der Waals surface area (Å²) < 4.78 is 0. The Bertz CT molecular complexity index is 685. The molecule has 0 fully saturated rings. The molecule has 2 heterocycles. The molecule has 0 radical (unpaired) electrons. The van der Waals surface area contributed by atoms with Gasteiger partial charge in [-0.25, -0.2) is 0 Å². The van der Waals surface area contributed by atoms with Crippen molar-refractivity contribution < 1.29 is 9.59 Å². The molecular formula is C17H17N3O2. The summed E-state index contributed by atoms with van der Waals surface area (Å²) in [5.74, 6) is -0.0693. The highest BCUT2D eigenvalue weighted by atomic mass is 16.2. The van der Waals surface area contributed by atoms with Crippen LogP contribution < -0.4 is 10.2 Å². The lowest BCUT2D eigenvalue weighted by molar-refractivity contribution is -0.118. The van der Waals surface area contributed by atoms with Gasteiger partial charge in [-0.15, -0.1) is 0 Å². The molecule has 0 bridgehead atoms. The van der Waals surface area contributed by atoms with Crippen LogP contribution in [0.1, 0.15) is 22.3 Å². The molecule has 0 saturated carbocycles. The van der Waals surface area contributed by atoms with E-state index in [9.17, 15) is 9.59 Å². The highest BCUT2D eigenvalue weighted by molar-refractivity contribution is 5.97. The Labute approximate surface area is 129 Å². The molecule has 5 nitrogen and oxygen atoms in total. The summed E-state index contributed by atoms with van der Waals surface area (Å²) in [6.07, 6.45) is 4.46. The van der Waals surface area contributed by atoms with Gasteiger partial charge in [-0.05, 0) is 30.2 Å². The topological polar surface area (TPSA) is 62.3 Å². The Kier molecular flexibility index (Phi) is 4.14. The van der Waals surface area contributed by atoms with Gasteiger partial charge >= 0.3 is 0 Å². The zero-order valence-corrected chi connectivity index (χ0v) is 12.2. The van der Waals surface area contributed by atoms with E-state index < -0.39 is 0 Å². The van der Waals surface area contributed by atoms with E-state index in [0.717, 1.165) is 12.1 Å². The summed E-state index contributed by atoms with van der Waals surface area (Å²) in [6.45, 7) is 0.885. The molecule has 0 atom stereocenters. The zero-order chi connectivity index (χ0) is 15.4. The molecule has 2 aromatic rings. The minimum Gasteiger partial charge on any atom is -0.350 e. The molecule has 0 spiro atoms. The number of amides is 2. The van der Waals surface area contributed by atoms with Gasteiger partial charge in [0, 0.05) is 37.6 Å². The minimum absolute atomic E-state index is 0.106. The third-order valence-electron chi connectivity index (χ3n) is 3.74. The Morgan fingerprint density at radius 1 is 1.18 bits per heavy atom. The van der Waals surface area contributed by atoms with Gasteiger partial charge in [-0.2, -0.15) is 0 Å². The van der Waals surface area contributed by atoms with Crippen LogP contribution in [0.25, 0.3) is 0 Å². The zero-order valence-electron chi connectivity index (χ0n) is 12.2. The van der Waals surface area contributed by atoms with Crippen molar-refractivity contribution in [3.05, 3.63) is 59.9 Å². The van der Waals surface area contributed by atoms with Crippen molar-refractivity contribution in [2.75, 3.05) is 18.0 Å². The molecule has 1 aliphatic rings. The van der Waals surface area contributed by atoms with Crippen LogP contribution in [0.4, 0.5) is 5.69 Å². The van der Waals surface area contributed by atoms with Gasteiger partial charge < -0.3 is 10.2 Å². The number of nitrogens with zero attached hydrogens (tertiary/aromatic N) is 2. The molecule has 1 aliphatic heterocycles. The number of anilines is 1. The molecule has 1 aromatic carbocycles. The Balaban J connectivity index is 1.62. The Hall–Kier alpha value is -2.69. The van der Waals surface area contributed by atoms with Gasteiger partial charge in [0.05, 0.1) is 5.56 Å². The van der Waals surface area contributed by atoms with Gasteiger partial charge in [-0.3, -0.25) is 14.6 Å². The average Bonchev–Trinajstić information content (AvgIpc) is 2.57.